The normalized spacial score (nSPS) is 11.1. The van der Waals surface area contributed by atoms with Gasteiger partial charge in [0.15, 0.2) is 11.5 Å². The van der Waals surface area contributed by atoms with Crippen molar-refractivity contribution >= 4 is 17.1 Å². The first-order valence-electron chi connectivity index (χ1n) is 4.72. The van der Waals surface area contributed by atoms with Crippen LogP contribution in [0.4, 0.5) is 0 Å². The molecule has 1 aromatic carbocycles. The maximum absolute atomic E-state index is 10.9. The van der Waals surface area contributed by atoms with E-state index in [4.69, 9.17) is 9.52 Å². The molecule has 15 heavy (non-hydrogen) atoms. The first-order valence-corrected chi connectivity index (χ1v) is 4.72. The van der Waals surface area contributed by atoms with Gasteiger partial charge >= 0.3 is 5.97 Å². The third-order valence-electron chi connectivity index (χ3n) is 2.16. The first kappa shape index (κ1) is 9.71. The Bertz CT molecular complexity index is 514. The molecule has 4 heteroatoms. The standard InChI is InChI=1S/C11H11NO3/c1-6(2)10-12-9-7(11(13)14)4-3-5-8(9)15-10/h3-6H,1-2H3,(H,13,14). The van der Waals surface area contributed by atoms with Crippen LogP contribution in [0, 0.1) is 0 Å². The van der Waals surface area contributed by atoms with Gasteiger partial charge in [-0.15, -0.1) is 0 Å². The largest absolute Gasteiger partial charge is 0.478 e. The van der Waals surface area contributed by atoms with Crippen molar-refractivity contribution < 1.29 is 14.3 Å². The van der Waals surface area contributed by atoms with Crippen LogP contribution < -0.4 is 0 Å². The molecule has 0 aliphatic carbocycles. The Kier molecular flexibility index (Phi) is 2.19. The Morgan fingerprint density at radius 2 is 2.20 bits per heavy atom. The van der Waals surface area contributed by atoms with Gasteiger partial charge in [0.2, 0.25) is 0 Å². The molecule has 0 amide bonds. The van der Waals surface area contributed by atoms with Crippen molar-refractivity contribution in [3.05, 3.63) is 29.7 Å². The molecular formula is C11H11NO3. The Morgan fingerprint density at radius 3 is 2.80 bits per heavy atom. The molecule has 1 N–H and O–H groups in total. The second-order valence-electron chi connectivity index (χ2n) is 3.66. The van der Waals surface area contributed by atoms with Crippen LogP contribution in [-0.2, 0) is 0 Å². The summed E-state index contributed by atoms with van der Waals surface area (Å²) in [4.78, 5) is 15.1. The molecule has 4 nitrogen and oxygen atoms in total. The molecule has 0 spiro atoms. The maximum atomic E-state index is 10.9. The molecule has 0 saturated heterocycles. The summed E-state index contributed by atoms with van der Waals surface area (Å²) < 4.78 is 5.45. The number of carboxylic acids is 1. The van der Waals surface area contributed by atoms with Crippen LogP contribution in [-0.4, -0.2) is 16.1 Å². The number of aromatic carboxylic acids is 1. The van der Waals surface area contributed by atoms with Crippen LogP contribution >= 0.6 is 0 Å². The van der Waals surface area contributed by atoms with Crippen molar-refractivity contribution in [1.29, 1.82) is 0 Å². The van der Waals surface area contributed by atoms with Crippen molar-refractivity contribution in [3.8, 4) is 0 Å². The summed E-state index contributed by atoms with van der Waals surface area (Å²) in [6.45, 7) is 3.90. The third kappa shape index (κ3) is 1.58. The number of para-hydroxylation sites is 1. The molecule has 0 aliphatic rings. The lowest BCUT2D eigenvalue weighted by atomic mass is 10.2. The molecule has 0 radical (unpaired) electrons. The minimum absolute atomic E-state index is 0.152. The Morgan fingerprint density at radius 1 is 1.47 bits per heavy atom. The van der Waals surface area contributed by atoms with E-state index < -0.39 is 5.97 Å². The number of fused-ring (bicyclic) bond motifs is 1. The van der Waals surface area contributed by atoms with Gasteiger partial charge in [-0.2, -0.15) is 0 Å². The van der Waals surface area contributed by atoms with E-state index in [0.717, 1.165) is 0 Å². The lowest BCUT2D eigenvalue weighted by Gasteiger charge is -1.93. The molecule has 0 atom stereocenters. The summed E-state index contributed by atoms with van der Waals surface area (Å²) in [5.74, 6) is -0.262. The van der Waals surface area contributed by atoms with Crippen molar-refractivity contribution in [2.45, 2.75) is 19.8 Å². The van der Waals surface area contributed by atoms with Crippen molar-refractivity contribution in [2.75, 3.05) is 0 Å². The minimum atomic E-state index is -0.982. The third-order valence-corrected chi connectivity index (χ3v) is 2.16. The number of carboxylic acid groups (broad SMARTS) is 1. The summed E-state index contributed by atoms with van der Waals surface area (Å²) in [5, 5.41) is 8.95. The lowest BCUT2D eigenvalue weighted by Crippen LogP contribution is -1.97. The number of aromatic nitrogens is 1. The highest BCUT2D eigenvalue weighted by molar-refractivity contribution is 6.00. The van der Waals surface area contributed by atoms with E-state index >= 15 is 0 Å². The highest BCUT2D eigenvalue weighted by Crippen LogP contribution is 2.23. The predicted molar refractivity (Wildman–Crippen MR) is 55.1 cm³/mol. The summed E-state index contributed by atoms with van der Waals surface area (Å²) in [7, 11) is 0. The van der Waals surface area contributed by atoms with Gasteiger partial charge in [0, 0.05) is 5.92 Å². The van der Waals surface area contributed by atoms with Crippen molar-refractivity contribution in [3.63, 3.8) is 0 Å². The molecule has 0 bridgehead atoms. The van der Waals surface area contributed by atoms with E-state index in [2.05, 4.69) is 4.98 Å². The van der Waals surface area contributed by atoms with E-state index in [-0.39, 0.29) is 11.5 Å². The van der Waals surface area contributed by atoms with Gasteiger partial charge in [0.25, 0.3) is 0 Å². The molecule has 1 aromatic heterocycles. The van der Waals surface area contributed by atoms with Crippen molar-refractivity contribution in [1.82, 2.24) is 4.98 Å². The average molecular weight is 205 g/mol. The van der Waals surface area contributed by atoms with Crippen LogP contribution in [0.15, 0.2) is 22.6 Å². The second kappa shape index (κ2) is 3.38. The highest BCUT2D eigenvalue weighted by Gasteiger charge is 2.15. The van der Waals surface area contributed by atoms with Gasteiger partial charge < -0.3 is 9.52 Å². The van der Waals surface area contributed by atoms with Gasteiger partial charge in [-0.3, -0.25) is 0 Å². The zero-order valence-corrected chi connectivity index (χ0v) is 8.52. The van der Waals surface area contributed by atoms with Gasteiger partial charge in [-0.25, -0.2) is 9.78 Å². The first-order chi connectivity index (χ1) is 7.09. The quantitative estimate of drug-likeness (QED) is 0.818. The smallest absolute Gasteiger partial charge is 0.338 e. The maximum Gasteiger partial charge on any atom is 0.338 e. The van der Waals surface area contributed by atoms with E-state index in [1.54, 1.807) is 12.1 Å². The summed E-state index contributed by atoms with van der Waals surface area (Å²) in [6, 6.07) is 4.90. The molecule has 0 saturated carbocycles. The zero-order valence-electron chi connectivity index (χ0n) is 8.52. The van der Waals surface area contributed by atoms with E-state index in [1.807, 2.05) is 13.8 Å². The number of rotatable bonds is 2. The fraction of sp³-hybridized carbons (Fsp3) is 0.273. The second-order valence-corrected chi connectivity index (χ2v) is 3.66. The fourth-order valence-electron chi connectivity index (χ4n) is 1.39. The number of hydrogen-bond donors (Lipinski definition) is 1. The van der Waals surface area contributed by atoms with E-state index in [0.29, 0.717) is 17.0 Å². The van der Waals surface area contributed by atoms with Crippen LogP contribution in [0.3, 0.4) is 0 Å². The highest BCUT2D eigenvalue weighted by atomic mass is 16.4. The zero-order chi connectivity index (χ0) is 11.0. The van der Waals surface area contributed by atoms with Crippen LogP contribution in [0.1, 0.15) is 36.0 Å². The molecule has 78 valence electrons. The molecule has 2 rings (SSSR count). The minimum Gasteiger partial charge on any atom is -0.478 e. The average Bonchev–Trinajstić information content (AvgIpc) is 2.60. The van der Waals surface area contributed by atoms with E-state index in [1.165, 1.54) is 6.07 Å². The molecule has 0 fully saturated rings. The van der Waals surface area contributed by atoms with Gasteiger partial charge in [-0.05, 0) is 12.1 Å². The molecule has 0 aliphatic heterocycles. The molecule has 1 heterocycles. The summed E-state index contributed by atoms with van der Waals surface area (Å²) >= 11 is 0. The van der Waals surface area contributed by atoms with Crippen LogP contribution in [0.2, 0.25) is 0 Å². The van der Waals surface area contributed by atoms with E-state index in [9.17, 15) is 4.79 Å². The number of nitrogens with zero attached hydrogens (tertiary/aromatic N) is 1. The number of benzene rings is 1. The lowest BCUT2D eigenvalue weighted by molar-refractivity contribution is 0.0699. The van der Waals surface area contributed by atoms with Crippen LogP contribution in [0.25, 0.3) is 11.1 Å². The van der Waals surface area contributed by atoms with Gasteiger partial charge in [0.05, 0.1) is 5.56 Å². The van der Waals surface area contributed by atoms with Crippen LogP contribution in [0.5, 0.6) is 0 Å². The Balaban J connectivity index is 2.70. The summed E-state index contributed by atoms with van der Waals surface area (Å²) in [5.41, 5.74) is 1.13. The topological polar surface area (TPSA) is 63.3 Å². The summed E-state index contributed by atoms with van der Waals surface area (Å²) in [6.07, 6.45) is 0. The Hall–Kier alpha value is -1.84. The SMILES string of the molecule is CC(C)c1nc2c(C(=O)O)cccc2o1. The molecule has 2 aromatic rings. The molecule has 0 unspecified atom stereocenters. The molecular weight excluding hydrogens is 194 g/mol. The van der Waals surface area contributed by atoms with Crippen molar-refractivity contribution in [2.24, 2.45) is 0 Å². The van der Waals surface area contributed by atoms with Gasteiger partial charge in [0.1, 0.15) is 5.52 Å². The number of carbonyl (C=O) groups is 1. The monoisotopic (exact) mass is 205 g/mol. The Labute approximate surface area is 86.5 Å². The number of hydrogen-bond acceptors (Lipinski definition) is 3. The van der Waals surface area contributed by atoms with Gasteiger partial charge in [-0.1, -0.05) is 19.9 Å². The predicted octanol–water partition coefficient (Wildman–Crippen LogP) is 2.65. The fourth-order valence-corrected chi connectivity index (χ4v) is 1.39. The number of oxazole rings is 1.